The average molecular weight is 493 g/mol. The number of hydrogen-bond acceptors (Lipinski definition) is 8. The number of aromatic nitrogens is 6. The largest absolute Gasteiger partial charge is 0.382 e. The average Bonchev–Trinajstić information content (AvgIpc) is 3.38. The van der Waals surface area contributed by atoms with E-state index in [4.69, 9.17) is 21.4 Å². The molecule has 4 N–H and O–H groups in total. The molecule has 0 unspecified atom stereocenters. The van der Waals surface area contributed by atoms with Gasteiger partial charge in [-0.3, -0.25) is 9.48 Å². The molecule has 1 aromatic carbocycles. The van der Waals surface area contributed by atoms with Gasteiger partial charge in [-0.15, -0.1) is 0 Å². The number of alkyl halides is 1. The highest BCUT2D eigenvalue weighted by molar-refractivity contribution is 5.94. The van der Waals surface area contributed by atoms with Crippen molar-refractivity contribution in [2.24, 2.45) is 19.8 Å². The molecule has 0 saturated carbocycles. The number of nitrogen functional groups attached to an aromatic ring is 1. The first-order valence-corrected chi connectivity index (χ1v) is 11.6. The van der Waals surface area contributed by atoms with Crippen molar-refractivity contribution in [1.29, 1.82) is 0 Å². The fourth-order valence-corrected chi connectivity index (χ4v) is 4.69. The normalized spacial score (nSPS) is 18.1. The quantitative estimate of drug-likeness (QED) is 0.438. The highest BCUT2D eigenvalue weighted by Crippen LogP contribution is 2.34. The Bertz CT molecular complexity index is 1450. The van der Waals surface area contributed by atoms with E-state index in [0.717, 1.165) is 16.7 Å². The summed E-state index contributed by atoms with van der Waals surface area (Å²) in [6, 6.07) is 7.17. The Hall–Kier alpha value is -4.06. The van der Waals surface area contributed by atoms with Crippen LogP contribution in [0, 0.1) is 0 Å². The molecular formula is C24H29FN10O. The lowest BCUT2D eigenvalue weighted by Crippen LogP contribution is -2.48. The number of para-hydroxylation sites is 1. The first kappa shape index (κ1) is 23.7. The van der Waals surface area contributed by atoms with Crippen LogP contribution in [0.25, 0.3) is 33.9 Å². The number of carbonyl (C=O) groups is 1. The number of nitrogens with two attached hydrogens (primary N) is 2. The van der Waals surface area contributed by atoms with Crippen molar-refractivity contribution in [3.63, 3.8) is 0 Å². The molecular weight excluding hydrogens is 463 g/mol. The van der Waals surface area contributed by atoms with Gasteiger partial charge in [0, 0.05) is 47.3 Å². The molecule has 11 nitrogen and oxygen atoms in total. The number of piperidine rings is 1. The summed E-state index contributed by atoms with van der Waals surface area (Å²) in [7, 11) is 6.93. The molecule has 1 amide bonds. The summed E-state index contributed by atoms with van der Waals surface area (Å²) < 4.78 is 17.7. The number of anilines is 2. The van der Waals surface area contributed by atoms with Crippen LogP contribution in [0.4, 0.5) is 15.9 Å². The highest BCUT2D eigenvalue weighted by atomic mass is 19.1. The minimum absolute atomic E-state index is 0.171. The monoisotopic (exact) mass is 492 g/mol. The van der Waals surface area contributed by atoms with Crippen molar-refractivity contribution in [3.05, 3.63) is 36.2 Å². The first-order valence-electron chi connectivity index (χ1n) is 11.6. The van der Waals surface area contributed by atoms with E-state index < -0.39 is 6.17 Å². The molecule has 0 aliphatic carbocycles. The van der Waals surface area contributed by atoms with E-state index in [0.29, 0.717) is 41.6 Å². The number of hydrogen-bond donors (Lipinski definition) is 2. The molecule has 3 aromatic heterocycles. The van der Waals surface area contributed by atoms with Gasteiger partial charge in [-0.05, 0) is 24.6 Å². The Morgan fingerprint density at radius 2 is 1.94 bits per heavy atom. The number of aryl methyl sites for hydroxylation is 2. The number of fused-ring (bicyclic) bond motifs is 1. The number of halogens is 1. The molecule has 4 aromatic rings. The van der Waals surface area contributed by atoms with Crippen LogP contribution in [0.2, 0.25) is 0 Å². The SMILES string of the molecule is CN(C)C(=O)c1cc(-c2cnc(N)c(-c3nc4cccc(N5C[C@@H](N)C[C@H](F)C5)c4n3C)n2)nn1C. The predicted octanol–water partition coefficient (Wildman–Crippen LogP) is 1.59. The van der Waals surface area contributed by atoms with Crippen LogP contribution in [0.3, 0.4) is 0 Å². The maximum absolute atomic E-state index is 14.3. The van der Waals surface area contributed by atoms with E-state index in [-0.39, 0.29) is 24.3 Å². The molecule has 1 fully saturated rings. The third-order valence-corrected chi connectivity index (χ3v) is 6.43. The summed E-state index contributed by atoms with van der Waals surface area (Å²) in [5.41, 5.74) is 16.5. The molecule has 12 heteroatoms. The number of nitrogens with zero attached hydrogens (tertiary/aromatic N) is 8. The predicted molar refractivity (Wildman–Crippen MR) is 136 cm³/mol. The molecule has 36 heavy (non-hydrogen) atoms. The van der Waals surface area contributed by atoms with E-state index in [1.165, 1.54) is 15.8 Å². The van der Waals surface area contributed by atoms with Gasteiger partial charge in [0.1, 0.15) is 28.9 Å². The third kappa shape index (κ3) is 4.02. The van der Waals surface area contributed by atoms with Crippen LogP contribution in [-0.4, -0.2) is 79.5 Å². The van der Waals surface area contributed by atoms with Crippen LogP contribution in [0.5, 0.6) is 0 Å². The summed E-state index contributed by atoms with van der Waals surface area (Å²) in [5, 5.41) is 4.45. The maximum Gasteiger partial charge on any atom is 0.271 e. The van der Waals surface area contributed by atoms with Crippen molar-refractivity contribution in [1.82, 2.24) is 34.2 Å². The number of rotatable bonds is 4. The summed E-state index contributed by atoms with van der Waals surface area (Å²) in [5.74, 6) is 0.557. The summed E-state index contributed by atoms with van der Waals surface area (Å²) >= 11 is 0. The highest BCUT2D eigenvalue weighted by Gasteiger charge is 2.28. The van der Waals surface area contributed by atoms with E-state index in [1.807, 2.05) is 34.7 Å². The Morgan fingerprint density at radius 1 is 1.17 bits per heavy atom. The lowest BCUT2D eigenvalue weighted by Gasteiger charge is -2.35. The van der Waals surface area contributed by atoms with Gasteiger partial charge in [0.15, 0.2) is 11.6 Å². The fraction of sp³-hybridized carbons (Fsp3) is 0.375. The zero-order valence-electron chi connectivity index (χ0n) is 20.7. The van der Waals surface area contributed by atoms with E-state index >= 15 is 0 Å². The molecule has 0 bridgehead atoms. The summed E-state index contributed by atoms with van der Waals surface area (Å²) in [6.07, 6.45) is 0.894. The Kier molecular flexibility index (Phi) is 5.83. The third-order valence-electron chi connectivity index (χ3n) is 6.43. The number of amides is 1. The van der Waals surface area contributed by atoms with Crippen molar-refractivity contribution < 1.29 is 9.18 Å². The lowest BCUT2D eigenvalue weighted by molar-refractivity contribution is 0.0817. The van der Waals surface area contributed by atoms with Gasteiger partial charge in [-0.25, -0.2) is 19.3 Å². The number of imidazole rings is 1. The van der Waals surface area contributed by atoms with E-state index in [2.05, 4.69) is 10.1 Å². The van der Waals surface area contributed by atoms with Crippen molar-refractivity contribution in [2.45, 2.75) is 18.6 Å². The van der Waals surface area contributed by atoms with Crippen LogP contribution >= 0.6 is 0 Å². The zero-order chi connectivity index (χ0) is 25.7. The van der Waals surface area contributed by atoms with Crippen LogP contribution in [0.15, 0.2) is 30.5 Å². The van der Waals surface area contributed by atoms with Crippen LogP contribution in [-0.2, 0) is 14.1 Å². The first-order chi connectivity index (χ1) is 17.1. The number of benzene rings is 1. The van der Waals surface area contributed by atoms with E-state index in [1.54, 1.807) is 27.2 Å². The molecule has 5 rings (SSSR count). The van der Waals surface area contributed by atoms with Crippen molar-refractivity contribution >= 4 is 28.4 Å². The Balaban J connectivity index is 1.59. The molecule has 188 valence electrons. The minimum Gasteiger partial charge on any atom is -0.382 e. The smallest absolute Gasteiger partial charge is 0.271 e. The number of carbonyl (C=O) groups excluding carboxylic acids is 1. The summed E-state index contributed by atoms with van der Waals surface area (Å²) in [4.78, 5) is 29.8. The standard InChI is InChI=1S/C24H29FN10O/c1-32(2)24(36)19-9-16(31-34(19)4)17-10-28-22(27)20(29-17)23-30-15-6-5-7-18(21(15)33(23)3)35-11-13(25)8-14(26)12-35/h5-7,9-10,13-14H,8,11-12,26H2,1-4H3,(H2,27,28)/t13-,14-/m0/s1. The molecule has 4 heterocycles. The minimum atomic E-state index is -0.988. The van der Waals surface area contributed by atoms with Gasteiger partial charge in [0.25, 0.3) is 5.91 Å². The van der Waals surface area contributed by atoms with Gasteiger partial charge in [-0.1, -0.05) is 6.07 Å². The second-order valence-corrected chi connectivity index (χ2v) is 9.36. The zero-order valence-corrected chi connectivity index (χ0v) is 20.7. The van der Waals surface area contributed by atoms with Gasteiger partial charge in [-0.2, -0.15) is 5.10 Å². The second-order valence-electron chi connectivity index (χ2n) is 9.36. The maximum atomic E-state index is 14.3. The van der Waals surface area contributed by atoms with Crippen LogP contribution in [0.1, 0.15) is 16.9 Å². The topological polar surface area (TPSA) is 137 Å². The van der Waals surface area contributed by atoms with Crippen LogP contribution < -0.4 is 16.4 Å². The molecule has 2 atom stereocenters. The van der Waals surface area contributed by atoms with Gasteiger partial charge >= 0.3 is 0 Å². The molecule has 0 radical (unpaired) electrons. The Labute approximate surface area is 207 Å². The van der Waals surface area contributed by atoms with Gasteiger partial charge in [0.2, 0.25) is 0 Å². The van der Waals surface area contributed by atoms with Crippen molar-refractivity contribution in [2.75, 3.05) is 37.8 Å². The molecule has 1 aliphatic heterocycles. The van der Waals surface area contributed by atoms with Gasteiger partial charge < -0.3 is 25.8 Å². The summed E-state index contributed by atoms with van der Waals surface area (Å²) in [6.45, 7) is 0.837. The fourth-order valence-electron chi connectivity index (χ4n) is 4.69. The molecule has 1 aliphatic rings. The Morgan fingerprint density at radius 3 is 2.67 bits per heavy atom. The van der Waals surface area contributed by atoms with Crippen molar-refractivity contribution in [3.8, 4) is 22.9 Å². The second kappa shape index (κ2) is 8.86. The molecule has 0 spiro atoms. The van der Waals surface area contributed by atoms with E-state index in [9.17, 15) is 9.18 Å². The molecule has 1 saturated heterocycles. The van der Waals surface area contributed by atoms with Gasteiger partial charge in [0.05, 0.1) is 22.9 Å². The lowest BCUT2D eigenvalue weighted by atomic mass is 10.0.